The number of rotatable bonds is 5. The van der Waals surface area contributed by atoms with Gasteiger partial charge in [0.05, 0.1) is 36.4 Å². The van der Waals surface area contributed by atoms with Gasteiger partial charge < -0.3 is 40.7 Å². The number of nitrogens with zero attached hydrogens (tertiary/aromatic N) is 4. The Kier molecular flexibility index (Phi) is 16.9. The SMILES string of the molecule is CO.Cn1ccnc1Cn1cc[n+](C)c1COc1c2cc(C(C)(C)C)cc1Sc1cc(C(C)(C)C)cc(c1O)Sc1cc(C(C)(C)C)cc(c1O)Sc1cc(C(C)(C)C)cc(c1[O-])S2.O.O. The molecule has 1 aliphatic heterocycles. The fourth-order valence-electron chi connectivity index (χ4n) is 7.00. The van der Waals surface area contributed by atoms with E-state index < -0.39 is 0 Å². The van der Waals surface area contributed by atoms with Gasteiger partial charge in [0.2, 0.25) is 0 Å². The van der Waals surface area contributed by atoms with E-state index >= 15 is 0 Å². The van der Waals surface area contributed by atoms with Crippen molar-refractivity contribution < 1.29 is 40.7 Å². The molecule has 0 saturated heterocycles. The van der Waals surface area contributed by atoms with Crippen molar-refractivity contribution in [3.05, 3.63) is 107 Å². The van der Waals surface area contributed by atoms with Crippen molar-refractivity contribution in [2.75, 3.05) is 7.11 Å². The van der Waals surface area contributed by atoms with Gasteiger partial charge in [-0.2, -0.15) is 0 Å². The van der Waals surface area contributed by atoms with E-state index in [4.69, 9.17) is 9.84 Å². The molecule has 0 saturated carbocycles. The van der Waals surface area contributed by atoms with E-state index in [1.165, 1.54) is 47.0 Å². The highest BCUT2D eigenvalue weighted by molar-refractivity contribution is 8.01. The van der Waals surface area contributed by atoms with Crippen LogP contribution >= 0.6 is 47.0 Å². The molecule has 0 radical (unpaired) electrons. The Hall–Kier alpha value is -4.22. The maximum Gasteiger partial charge on any atom is 0.295 e. The summed E-state index contributed by atoms with van der Waals surface area (Å²) >= 11 is 5.54. The molecule has 358 valence electrons. The van der Waals surface area contributed by atoms with Crippen molar-refractivity contribution in [1.82, 2.24) is 14.1 Å². The highest BCUT2D eigenvalue weighted by Gasteiger charge is 2.29. The molecule has 0 atom stereocenters. The van der Waals surface area contributed by atoms with E-state index in [0.29, 0.717) is 41.7 Å². The summed E-state index contributed by atoms with van der Waals surface area (Å²) in [6.45, 7) is 26.8. The smallest absolute Gasteiger partial charge is 0.295 e. The van der Waals surface area contributed by atoms with E-state index in [1.807, 2.05) is 67.6 Å². The van der Waals surface area contributed by atoms with Crippen LogP contribution < -0.4 is 14.4 Å². The summed E-state index contributed by atoms with van der Waals surface area (Å²) in [5.74, 6) is 2.60. The molecular weight excluding hydrogens is 909 g/mol. The standard InChI is InChI=1S/C50H60N4O4S4.CH4O.2H2O/c1-47(2,3)29-19-33-43(55)34(20-29)60-36-22-31(49(7,8)9)24-38(45(36)57)62-40-26-32(50(10,11)12)25-39(61-37-23-30(48(4,5)6)21-35(59-33)44(37)56)46(40)58-28-42-53(14)17-18-54(42)27-41-51-15-16-52(41)13;1-2;;/h15-26H,27-28H2,1-14H3,(H2-,55,56,57);2H,1H3;2*1H2. The fraction of sp³-hybridized carbons (Fsp3) is 0.412. The number of hydrogen-bond acceptors (Lipinski definition) is 10. The van der Waals surface area contributed by atoms with Gasteiger partial charge in [-0.25, -0.2) is 14.1 Å². The molecule has 0 spiro atoms. The number of benzene rings is 4. The van der Waals surface area contributed by atoms with Crippen LogP contribution in [0.1, 0.15) is 117 Å². The van der Waals surface area contributed by atoms with Crippen LogP contribution in [0.5, 0.6) is 23.0 Å². The Bertz CT molecular complexity index is 2560. The third-order valence-electron chi connectivity index (χ3n) is 11.3. The number of phenolic OH excluding ortho intramolecular Hbond substituents is 2. The van der Waals surface area contributed by atoms with Gasteiger partial charge in [0.25, 0.3) is 5.82 Å². The van der Waals surface area contributed by atoms with Crippen LogP contribution in [0.4, 0.5) is 0 Å². The second kappa shape index (κ2) is 20.6. The van der Waals surface area contributed by atoms with Gasteiger partial charge in [0.1, 0.15) is 36.2 Å². The third-order valence-corrected chi connectivity index (χ3v) is 15.5. The number of aliphatic hydroxyl groups excluding tert-OH is 1. The molecule has 15 heteroatoms. The quantitative estimate of drug-likeness (QED) is 0.140. The van der Waals surface area contributed by atoms with Crippen molar-refractivity contribution in [2.24, 2.45) is 14.1 Å². The zero-order valence-electron chi connectivity index (χ0n) is 40.9. The van der Waals surface area contributed by atoms with E-state index in [0.717, 1.165) is 50.8 Å². The molecule has 2 aromatic heterocycles. The lowest BCUT2D eigenvalue weighted by atomic mass is 9.87. The molecule has 4 aromatic carbocycles. The molecule has 8 bridgehead atoms. The van der Waals surface area contributed by atoms with E-state index in [-0.39, 0.29) is 56.5 Å². The first-order chi connectivity index (χ1) is 29.8. The lowest BCUT2D eigenvalue weighted by molar-refractivity contribution is -0.680. The number of imidazole rings is 2. The molecule has 7 N–H and O–H groups in total. The number of aromatic nitrogens is 4. The van der Waals surface area contributed by atoms with Crippen molar-refractivity contribution in [3.63, 3.8) is 0 Å². The highest BCUT2D eigenvalue weighted by atomic mass is 32.2. The van der Waals surface area contributed by atoms with E-state index in [9.17, 15) is 15.3 Å². The van der Waals surface area contributed by atoms with Gasteiger partial charge in [0.15, 0.2) is 12.4 Å². The minimum absolute atomic E-state index is 0. The molecule has 6 aromatic rings. The van der Waals surface area contributed by atoms with Crippen LogP contribution in [-0.4, -0.2) is 47.5 Å². The van der Waals surface area contributed by atoms with Crippen LogP contribution in [0.25, 0.3) is 0 Å². The molecule has 66 heavy (non-hydrogen) atoms. The largest absolute Gasteiger partial charge is 0.871 e. The van der Waals surface area contributed by atoms with Crippen LogP contribution in [0.2, 0.25) is 0 Å². The maximum atomic E-state index is 14.9. The second-order valence-electron chi connectivity index (χ2n) is 20.4. The van der Waals surface area contributed by atoms with Gasteiger partial charge in [-0.05, 0) is 92.4 Å². The second-order valence-corrected chi connectivity index (χ2v) is 24.7. The number of aryl methyl sites for hydroxylation is 2. The fourth-order valence-corrected chi connectivity index (χ4v) is 11.5. The van der Waals surface area contributed by atoms with Crippen LogP contribution in [0, 0.1) is 0 Å². The van der Waals surface area contributed by atoms with Crippen molar-refractivity contribution in [3.8, 4) is 23.0 Å². The summed E-state index contributed by atoms with van der Waals surface area (Å²) in [7, 11) is 5.01. The predicted molar refractivity (Wildman–Crippen MR) is 267 cm³/mol. The molecule has 0 fully saturated rings. The lowest BCUT2D eigenvalue weighted by Gasteiger charge is -2.28. The highest BCUT2D eigenvalue weighted by Crippen LogP contribution is 2.55. The van der Waals surface area contributed by atoms with Crippen LogP contribution in [0.3, 0.4) is 0 Å². The number of phenols is 2. The molecule has 1 aliphatic rings. The molecule has 0 aliphatic carbocycles. The third kappa shape index (κ3) is 11.9. The zero-order chi connectivity index (χ0) is 47.3. The molecule has 0 unspecified atom stereocenters. The van der Waals surface area contributed by atoms with Crippen LogP contribution in [0.15, 0.2) is 112 Å². The lowest BCUT2D eigenvalue weighted by Crippen LogP contribution is -2.33. The summed E-state index contributed by atoms with van der Waals surface area (Å²) in [5.41, 5.74) is 3.10. The first kappa shape index (κ1) is 54.4. The Morgan fingerprint density at radius 2 is 0.939 bits per heavy atom. The number of hydrogen-bond donors (Lipinski definition) is 3. The molecule has 7 rings (SSSR count). The van der Waals surface area contributed by atoms with Crippen molar-refractivity contribution in [2.45, 2.75) is 157 Å². The minimum atomic E-state index is -0.276. The minimum Gasteiger partial charge on any atom is -0.871 e. The summed E-state index contributed by atoms with van der Waals surface area (Å²) < 4.78 is 13.3. The maximum absolute atomic E-state index is 14.9. The van der Waals surface area contributed by atoms with Gasteiger partial charge in [-0.3, -0.25) is 0 Å². The van der Waals surface area contributed by atoms with Crippen molar-refractivity contribution in [1.29, 1.82) is 0 Å². The Balaban J connectivity index is 0.00000235. The Morgan fingerprint density at radius 3 is 1.32 bits per heavy atom. The summed E-state index contributed by atoms with van der Waals surface area (Å²) in [6, 6.07) is 16.5. The Morgan fingerprint density at radius 1 is 0.591 bits per heavy atom. The molecule has 11 nitrogen and oxygen atoms in total. The molecule has 0 amide bonds. The normalized spacial score (nSPS) is 13.0. The monoisotopic (exact) mass is 976 g/mol. The molecular formula is C51H68N4O7S4. The summed E-state index contributed by atoms with van der Waals surface area (Å²) in [5, 5.41) is 46.4. The average molecular weight is 977 g/mol. The van der Waals surface area contributed by atoms with Gasteiger partial charge in [-0.15, -0.1) is 0 Å². The summed E-state index contributed by atoms with van der Waals surface area (Å²) in [4.78, 5) is 9.82. The van der Waals surface area contributed by atoms with E-state index in [2.05, 4.69) is 115 Å². The first-order valence-electron chi connectivity index (χ1n) is 21.4. The number of ether oxygens (including phenoxy) is 1. The predicted octanol–water partition coefficient (Wildman–Crippen LogP) is 10.2. The zero-order valence-corrected chi connectivity index (χ0v) is 44.2. The average Bonchev–Trinajstić information content (AvgIpc) is 3.77. The van der Waals surface area contributed by atoms with Gasteiger partial charge >= 0.3 is 0 Å². The van der Waals surface area contributed by atoms with Crippen molar-refractivity contribution >= 4 is 47.0 Å². The van der Waals surface area contributed by atoms with Gasteiger partial charge in [-0.1, -0.05) is 136 Å². The molecule has 3 heterocycles. The van der Waals surface area contributed by atoms with Gasteiger partial charge in [0, 0.05) is 36.3 Å². The van der Waals surface area contributed by atoms with E-state index in [1.54, 1.807) is 6.20 Å². The number of fused-ring (bicyclic) bond motifs is 8. The Labute approximate surface area is 408 Å². The topological polar surface area (TPSA) is 183 Å². The summed E-state index contributed by atoms with van der Waals surface area (Å²) in [6.07, 6.45) is 7.81. The number of aliphatic hydroxyl groups is 1. The first-order valence-corrected chi connectivity index (χ1v) is 24.6. The van der Waals surface area contributed by atoms with Crippen LogP contribution in [-0.2, 0) is 48.9 Å². The number of aromatic hydroxyl groups is 2.